The SMILES string of the molecule is COc1ccc(N=C(Nc2ccc(OC)cc2)c2ccccc2Cl)cc1. The summed E-state index contributed by atoms with van der Waals surface area (Å²) in [6.45, 7) is 0. The van der Waals surface area contributed by atoms with Crippen molar-refractivity contribution in [1.29, 1.82) is 0 Å². The first-order chi connectivity index (χ1) is 12.7. The van der Waals surface area contributed by atoms with Gasteiger partial charge in [0.1, 0.15) is 17.3 Å². The monoisotopic (exact) mass is 366 g/mol. The smallest absolute Gasteiger partial charge is 0.139 e. The Morgan fingerprint density at radius 1 is 0.808 bits per heavy atom. The van der Waals surface area contributed by atoms with Crippen LogP contribution in [0.25, 0.3) is 0 Å². The van der Waals surface area contributed by atoms with Crippen molar-refractivity contribution < 1.29 is 9.47 Å². The van der Waals surface area contributed by atoms with Crippen LogP contribution in [0, 0.1) is 0 Å². The summed E-state index contributed by atoms with van der Waals surface area (Å²) in [5.41, 5.74) is 2.50. The second-order valence-corrected chi connectivity index (χ2v) is 5.90. The maximum Gasteiger partial charge on any atom is 0.139 e. The molecule has 0 amide bonds. The van der Waals surface area contributed by atoms with Crippen LogP contribution in [0.3, 0.4) is 0 Å². The Balaban J connectivity index is 1.97. The maximum absolute atomic E-state index is 6.39. The minimum Gasteiger partial charge on any atom is -0.497 e. The maximum atomic E-state index is 6.39. The van der Waals surface area contributed by atoms with Gasteiger partial charge in [-0.15, -0.1) is 0 Å². The van der Waals surface area contributed by atoms with E-state index in [4.69, 9.17) is 26.1 Å². The molecule has 0 aliphatic heterocycles. The lowest BCUT2D eigenvalue weighted by Crippen LogP contribution is -2.14. The number of nitrogens with zero attached hydrogens (tertiary/aromatic N) is 1. The molecule has 1 N–H and O–H groups in total. The number of nitrogens with one attached hydrogen (secondary N) is 1. The van der Waals surface area contributed by atoms with E-state index in [1.807, 2.05) is 72.8 Å². The standard InChI is InChI=1S/C21H19ClN2O2/c1-25-17-11-7-15(8-12-17)23-21(19-5-3-4-6-20(19)22)24-16-9-13-18(26-2)14-10-16/h3-14H,1-2H3,(H,23,24). The number of ether oxygens (including phenoxy) is 2. The third-order valence-corrected chi connectivity index (χ3v) is 4.12. The van der Waals surface area contributed by atoms with Crippen molar-refractivity contribution in [1.82, 2.24) is 0 Å². The third kappa shape index (κ3) is 4.35. The Morgan fingerprint density at radius 3 is 1.96 bits per heavy atom. The predicted octanol–water partition coefficient (Wildman–Crippen LogP) is 5.55. The first-order valence-electron chi connectivity index (χ1n) is 8.08. The van der Waals surface area contributed by atoms with Crippen molar-refractivity contribution in [2.75, 3.05) is 19.5 Å². The van der Waals surface area contributed by atoms with E-state index in [-0.39, 0.29) is 0 Å². The van der Waals surface area contributed by atoms with Crippen LogP contribution >= 0.6 is 11.6 Å². The average Bonchev–Trinajstić information content (AvgIpc) is 2.69. The molecule has 3 rings (SSSR count). The molecule has 0 heterocycles. The summed E-state index contributed by atoms with van der Waals surface area (Å²) < 4.78 is 10.4. The molecule has 4 nitrogen and oxygen atoms in total. The van der Waals surface area contributed by atoms with E-state index in [0.717, 1.165) is 28.4 Å². The minimum atomic E-state index is 0.626. The summed E-state index contributed by atoms with van der Waals surface area (Å²) in [6.07, 6.45) is 0. The fourth-order valence-electron chi connectivity index (χ4n) is 2.41. The van der Waals surface area contributed by atoms with Crippen molar-refractivity contribution in [3.05, 3.63) is 83.4 Å². The predicted molar refractivity (Wildman–Crippen MR) is 107 cm³/mol. The Labute approximate surface area is 158 Å². The van der Waals surface area contributed by atoms with E-state index >= 15 is 0 Å². The highest BCUT2D eigenvalue weighted by atomic mass is 35.5. The van der Waals surface area contributed by atoms with Gasteiger partial charge in [0.2, 0.25) is 0 Å². The van der Waals surface area contributed by atoms with Gasteiger partial charge in [-0.25, -0.2) is 4.99 Å². The van der Waals surface area contributed by atoms with Crippen LogP contribution in [0.15, 0.2) is 77.8 Å². The molecule has 0 unspecified atom stereocenters. The first-order valence-corrected chi connectivity index (χ1v) is 8.46. The molecule has 0 spiro atoms. The number of hydrogen-bond acceptors (Lipinski definition) is 3. The van der Waals surface area contributed by atoms with Crippen molar-refractivity contribution in [3.8, 4) is 11.5 Å². The van der Waals surface area contributed by atoms with E-state index < -0.39 is 0 Å². The molecular weight excluding hydrogens is 348 g/mol. The molecule has 0 saturated carbocycles. The van der Waals surface area contributed by atoms with E-state index in [9.17, 15) is 0 Å². The molecule has 0 atom stereocenters. The van der Waals surface area contributed by atoms with Gasteiger partial charge in [-0.1, -0.05) is 23.7 Å². The van der Waals surface area contributed by atoms with Gasteiger partial charge in [0, 0.05) is 11.3 Å². The van der Waals surface area contributed by atoms with Gasteiger partial charge < -0.3 is 14.8 Å². The summed E-state index contributed by atoms with van der Waals surface area (Å²) in [5, 5.41) is 3.97. The van der Waals surface area contributed by atoms with Crippen molar-refractivity contribution in [2.24, 2.45) is 4.99 Å². The quantitative estimate of drug-likeness (QED) is 0.475. The summed E-state index contributed by atoms with van der Waals surface area (Å²) in [7, 11) is 3.28. The molecule has 0 aromatic heterocycles. The Kier molecular flexibility index (Phi) is 5.77. The average molecular weight is 367 g/mol. The third-order valence-electron chi connectivity index (χ3n) is 3.80. The van der Waals surface area contributed by atoms with Crippen LogP contribution in [0.2, 0.25) is 5.02 Å². The first kappa shape index (κ1) is 17.8. The van der Waals surface area contributed by atoms with Crippen molar-refractivity contribution >= 4 is 28.8 Å². The number of anilines is 1. The van der Waals surface area contributed by atoms with Crippen LogP contribution in [-0.4, -0.2) is 20.1 Å². The highest BCUT2D eigenvalue weighted by Crippen LogP contribution is 2.23. The molecule has 5 heteroatoms. The van der Waals surface area contributed by atoms with E-state index in [0.29, 0.717) is 10.9 Å². The van der Waals surface area contributed by atoms with E-state index in [2.05, 4.69) is 5.32 Å². The molecule has 0 aliphatic rings. The number of methoxy groups -OCH3 is 2. The van der Waals surface area contributed by atoms with Gasteiger partial charge >= 0.3 is 0 Å². The summed E-state index contributed by atoms with van der Waals surface area (Å²) in [6, 6.07) is 22.8. The number of amidine groups is 1. The summed E-state index contributed by atoms with van der Waals surface area (Å²) >= 11 is 6.39. The molecule has 3 aromatic carbocycles. The number of rotatable bonds is 5. The highest BCUT2D eigenvalue weighted by molar-refractivity contribution is 6.35. The fourth-order valence-corrected chi connectivity index (χ4v) is 2.63. The Hall–Kier alpha value is -2.98. The molecule has 0 radical (unpaired) electrons. The lowest BCUT2D eigenvalue weighted by Gasteiger charge is -2.12. The van der Waals surface area contributed by atoms with Gasteiger partial charge in [-0.05, 0) is 60.7 Å². The largest absolute Gasteiger partial charge is 0.497 e. The van der Waals surface area contributed by atoms with E-state index in [1.54, 1.807) is 14.2 Å². The lowest BCUT2D eigenvalue weighted by molar-refractivity contribution is 0.415. The number of hydrogen-bond donors (Lipinski definition) is 1. The zero-order valence-corrected chi connectivity index (χ0v) is 15.3. The van der Waals surface area contributed by atoms with Crippen LogP contribution in [0.5, 0.6) is 11.5 Å². The molecule has 132 valence electrons. The summed E-state index contributed by atoms with van der Waals surface area (Å²) in [5.74, 6) is 2.24. The number of aliphatic imine (C=N–C) groups is 1. The molecule has 0 aliphatic carbocycles. The van der Waals surface area contributed by atoms with Crippen LogP contribution in [-0.2, 0) is 0 Å². The second-order valence-electron chi connectivity index (χ2n) is 5.49. The van der Waals surface area contributed by atoms with Gasteiger partial charge in [0.05, 0.1) is 24.9 Å². The second kappa shape index (κ2) is 8.41. The fraction of sp³-hybridized carbons (Fsp3) is 0.0952. The molecule has 0 fully saturated rings. The Bertz CT molecular complexity index is 891. The topological polar surface area (TPSA) is 42.8 Å². The van der Waals surface area contributed by atoms with Crippen molar-refractivity contribution in [2.45, 2.75) is 0 Å². The zero-order chi connectivity index (χ0) is 18.4. The summed E-state index contributed by atoms with van der Waals surface area (Å²) in [4.78, 5) is 4.74. The molecule has 0 bridgehead atoms. The Morgan fingerprint density at radius 2 is 1.38 bits per heavy atom. The van der Waals surface area contributed by atoms with Gasteiger partial charge in [-0.3, -0.25) is 0 Å². The zero-order valence-electron chi connectivity index (χ0n) is 14.6. The van der Waals surface area contributed by atoms with Gasteiger partial charge in [0.15, 0.2) is 0 Å². The van der Waals surface area contributed by atoms with Gasteiger partial charge in [-0.2, -0.15) is 0 Å². The molecule has 3 aromatic rings. The van der Waals surface area contributed by atoms with E-state index in [1.165, 1.54) is 0 Å². The van der Waals surface area contributed by atoms with Crippen LogP contribution in [0.4, 0.5) is 11.4 Å². The van der Waals surface area contributed by atoms with Crippen LogP contribution in [0.1, 0.15) is 5.56 Å². The number of benzene rings is 3. The number of halogens is 1. The lowest BCUT2D eigenvalue weighted by atomic mass is 10.2. The van der Waals surface area contributed by atoms with Gasteiger partial charge in [0.25, 0.3) is 0 Å². The minimum absolute atomic E-state index is 0.626. The normalized spacial score (nSPS) is 11.1. The molecular formula is C21H19ClN2O2. The molecule has 26 heavy (non-hydrogen) atoms. The van der Waals surface area contributed by atoms with Crippen molar-refractivity contribution in [3.63, 3.8) is 0 Å². The molecule has 0 saturated heterocycles. The van der Waals surface area contributed by atoms with Crippen LogP contribution < -0.4 is 14.8 Å². The highest BCUT2D eigenvalue weighted by Gasteiger charge is 2.09.